The number of likely N-dealkylation sites (N-methyl/N-ethyl adjacent to an activating group) is 1. The Labute approximate surface area is 129 Å². The molecule has 0 aliphatic carbocycles. The number of hydrogen-bond donors (Lipinski definition) is 1. The summed E-state index contributed by atoms with van der Waals surface area (Å²) in [7, 11) is 1.74. The lowest BCUT2D eigenvalue weighted by Crippen LogP contribution is -2.46. The smallest absolute Gasteiger partial charge is 0.0587 e. The van der Waals surface area contributed by atoms with Crippen molar-refractivity contribution in [2.45, 2.75) is 20.4 Å². The largest absolute Gasteiger partial charge is 0.383 e. The molecule has 1 aliphatic rings. The van der Waals surface area contributed by atoms with Crippen LogP contribution in [-0.2, 0) is 11.3 Å². The van der Waals surface area contributed by atoms with Gasteiger partial charge >= 0.3 is 0 Å². The van der Waals surface area contributed by atoms with Gasteiger partial charge in [0.15, 0.2) is 0 Å². The van der Waals surface area contributed by atoms with E-state index in [4.69, 9.17) is 4.74 Å². The number of benzene rings is 1. The molecule has 0 unspecified atom stereocenters. The fraction of sp³-hybridized carbons (Fsp3) is 0.647. The average Bonchev–Trinajstić information content (AvgIpc) is 2.52. The molecule has 1 N–H and O–H groups in total. The molecule has 1 aromatic carbocycles. The van der Waals surface area contributed by atoms with Gasteiger partial charge in [0.1, 0.15) is 0 Å². The zero-order valence-corrected chi connectivity index (χ0v) is 13.7. The zero-order chi connectivity index (χ0) is 15.1. The first kappa shape index (κ1) is 16.3. The van der Waals surface area contributed by atoms with Crippen LogP contribution in [0.4, 0.5) is 5.69 Å². The molecule has 1 fully saturated rings. The lowest BCUT2D eigenvalue weighted by atomic mass is 10.1. The Balaban J connectivity index is 2.01. The molecule has 0 saturated carbocycles. The van der Waals surface area contributed by atoms with Crippen molar-refractivity contribution in [3.05, 3.63) is 29.3 Å². The number of nitrogens with one attached hydrogen (secondary N) is 1. The van der Waals surface area contributed by atoms with Crippen LogP contribution in [0.1, 0.15) is 18.1 Å². The van der Waals surface area contributed by atoms with Gasteiger partial charge in [0.2, 0.25) is 0 Å². The second-order valence-corrected chi connectivity index (χ2v) is 5.72. The van der Waals surface area contributed by atoms with Crippen LogP contribution in [-0.4, -0.2) is 57.9 Å². The van der Waals surface area contributed by atoms with Crippen LogP contribution < -0.4 is 10.2 Å². The molecule has 1 heterocycles. The molecule has 0 bridgehead atoms. The number of hydrogen-bond acceptors (Lipinski definition) is 4. The highest BCUT2D eigenvalue weighted by Crippen LogP contribution is 2.23. The van der Waals surface area contributed by atoms with Crippen LogP contribution >= 0.6 is 0 Å². The van der Waals surface area contributed by atoms with E-state index in [0.29, 0.717) is 0 Å². The van der Waals surface area contributed by atoms with Gasteiger partial charge in [-0.05, 0) is 25.1 Å². The first-order chi connectivity index (χ1) is 10.2. The van der Waals surface area contributed by atoms with Gasteiger partial charge in [0.05, 0.1) is 6.61 Å². The van der Waals surface area contributed by atoms with E-state index in [0.717, 1.165) is 39.3 Å². The van der Waals surface area contributed by atoms with Crippen molar-refractivity contribution in [3.63, 3.8) is 0 Å². The minimum Gasteiger partial charge on any atom is -0.383 e. The van der Waals surface area contributed by atoms with Crippen LogP contribution in [0, 0.1) is 6.92 Å². The third-order valence-corrected chi connectivity index (χ3v) is 4.19. The minimum atomic E-state index is 0.760. The van der Waals surface area contributed by atoms with Crippen molar-refractivity contribution in [3.8, 4) is 0 Å². The normalized spacial score (nSPS) is 16.4. The molecule has 1 aliphatic heterocycles. The summed E-state index contributed by atoms with van der Waals surface area (Å²) in [5.41, 5.74) is 4.12. The van der Waals surface area contributed by atoms with Gasteiger partial charge in [-0.3, -0.25) is 0 Å². The van der Waals surface area contributed by atoms with Crippen LogP contribution in [0.15, 0.2) is 18.2 Å². The van der Waals surface area contributed by atoms with Gasteiger partial charge in [0, 0.05) is 52.1 Å². The number of anilines is 1. The number of piperazine rings is 1. The maximum Gasteiger partial charge on any atom is 0.0587 e. The Morgan fingerprint density at radius 3 is 2.62 bits per heavy atom. The lowest BCUT2D eigenvalue weighted by Gasteiger charge is -2.36. The van der Waals surface area contributed by atoms with Crippen molar-refractivity contribution in [2.24, 2.45) is 0 Å². The summed E-state index contributed by atoms with van der Waals surface area (Å²) >= 11 is 0. The predicted molar refractivity (Wildman–Crippen MR) is 89.1 cm³/mol. The highest BCUT2D eigenvalue weighted by atomic mass is 16.5. The molecule has 1 aromatic rings. The molecule has 0 atom stereocenters. The van der Waals surface area contributed by atoms with E-state index >= 15 is 0 Å². The number of nitrogens with zero attached hydrogens (tertiary/aromatic N) is 2. The Morgan fingerprint density at radius 2 is 1.95 bits per heavy atom. The Bertz CT molecular complexity index is 428. The van der Waals surface area contributed by atoms with Gasteiger partial charge in [-0.15, -0.1) is 0 Å². The second-order valence-electron chi connectivity index (χ2n) is 5.72. The summed E-state index contributed by atoms with van der Waals surface area (Å²) in [6.07, 6.45) is 0. The summed E-state index contributed by atoms with van der Waals surface area (Å²) in [4.78, 5) is 5.04. The zero-order valence-electron chi connectivity index (χ0n) is 13.7. The fourth-order valence-electron chi connectivity index (χ4n) is 2.87. The lowest BCUT2D eigenvalue weighted by molar-refractivity contribution is 0.199. The first-order valence-corrected chi connectivity index (χ1v) is 8.01. The number of rotatable bonds is 7. The predicted octanol–water partition coefficient (Wildman–Crippen LogP) is 1.87. The third-order valence-electron chi connectivity index (χ3n) is 4.19. The van der Waals surface area contributed by atoms with E-state index in [1.807, 2.05) is 0 Å². The molecule has 4 heteroatoms. The Hall–Kier alpha value is -1.10. The maximum atomic E-state index is 5.10. The molecule has 0 amide bonds. The van der Waals surface area contributed by atoms with Crippen LogP contribution in [0.3, 0.4) is 0 Å². The van der Waals surface area contributed by atoms with E-state index in [1.54, 1.807) is 7.11 Å². The molecule has 21 heavy (non-hydrogen) atoms. The van der Waals surface area contributed by atoms with Crippen molar-refractivity contribution in [1.29, 1.82) is 0 Å². The molecule has 0 aromatic heterocycles. The monoisotopic (exact) mass is 291 g/mol. The average molecular weight is 291 g/mol. The van der Waals surface area contributed by atoms with Crippen molar-refractivity contribution in [1.82, 2.24) is 10.2 Å². The summed E-state index contributed by atoms with van der Waals surface area (Å²) in [6, 6.07) is 6.81. The van der Waals surface area contributed by atoms with E-state index in [2.05, 4.69) is 47.2 Å². The van der Waals surface area contributed by atoms with Crippen LogP contribution in [0.5, 0.6) is 0 Å². The molecule has 0 radical (unpaired) electrons. The molecule has 4 nitrogen and oxygen atoms in total. The summed E-state index contributed by atoms with van der Waals surface area (Å²) in [6.45, 7) is 12.7. The van der Waals surface area contributed by atoms with Gasteiger partial charge in [-0.1, -0.05) is 24.6 Å². The molecular weight excluding hydrogens is 262 g/mol. The summed E-state index contributed by atoms with van der Waals surface area (Å²) in [5, 5.41) is 3.47. The molecule has 1 saturated heterocycles. The SMILES string of the molecule is CCN1CCN(c2ccc(C)cc2CNCCOC)CC1. The van der Waals surface area contributed by atoms with Gasteiger partial charge < -0.3 is 19.9 Å². The molecule has 118 valence electrons. The van der Waals surface area contributed by atoms with Gasteiger partial charge in [-0.25, -0.2) is 0 Å². The third kappa shape index (κ3) is 4.70. The highest BCUT2D eigenvalue weighted by molar-refractivity contribution is 5.55. The van der Waals surface area contributed by atoms with Crippen molar-refractivity contribution in [2.75, 3.05) is 57.9 Å². The molecule has 0 spiro atoms. The van der Waals surface area contributed by atoms with Gasteiger partial charge in [-0.2, -0.15) is 0 Å². The fourth-order valence-corrected chi connectivity index (χ4v) is 2.87. The second kappa shape index (κ2) is 8.37. The number of methoxy groups -OCH3 is 1. The van der Waals surface area contributed by atoms with E-state index in [1.165, 1.54) is 29.9 Å². The Kier molecular flexibility index (Phi) is 6.49. The van der Waals surface area contributed by atoms with E-state index in [9.17, 15) is 0 Å². The minimum absolute atomic E-state index is 0.760. The topological polar surface area (TPSA) is 27.7 Å². The van der Waals surface area contributed by atoms with Crippen LogP contribution in [0.25, 0.3) is 0 Å². The van der Waals surface area contributed by atoms with Gasteiger partial charge in [0.25, 0.3) is 0 Å². The number of aryl methyl sites for hydroxylation is 1. The van der Waals surface area contributed by atoms with E-state index < -0.39 is 0 Å². The van der Waals surface area contributed by atoms with Crippen molar-refractivity contribution < 1.29 is 4.74 Å². The highest BCUT2D eigenvalue weighted by Gasteiger charge is 2.18. The quantitative estimate of drug-likeness (QED) is 0.776. The van der Waals surface area contributed by atoms with E-state index in [-0.39, 0.29) is 0 Å². The first-order valence-electron chi connectivity index (χ1n) is 8.01. The molecule has 2 rings (SSSR count). The van der Waals surface area contributed by atoms with Crippen LogP contribution in [0.2, 0.25) is 0 Å². The number of ether oxygens (including phenoxy) is 1. The molecular formula is C17H29N3O. The standard InChI is InChI=1S/C17H29N3O/c1-4-19-8-10-20(11-9-19)17-6-5-15(2)13-16(17)14-18-7-12-21-3/h5-6,13,18H,4,7-12,14H2,1-3H3. The summed E-state index contributed by atoms with van der Waals surface area (Å²) < 4.78 is 5.10. The maximum absolute atomic E-state index is 5.10. The summed E-state index contributed by atoms with van der Waals surface area (Å²) in [5.74, 6) is 0. The van der Waals surface area contributed by atoms with Crippen molar-refractivity contribution >= 4 is 5.69 Å². The Morgan fingerprint density at radius 1 is 1.19 bits per heavy atom.